The van der Waals surface area contributed by atoms with Gasteiger partial charge in [-0.15, -0.1) is 0 Å². The van der Waals surface area contributed by atoms with Crippen molar-refractivity contribution >= 4 is 28.6 Å². The van der Waals surface area contributed by atoms with Crippen molar-refractivity contribution in [3.63, 3.8) is 0 Å². The average Bonchev–Trinajstić information content (AvgIpc) is 2.81. The fraction of sp³-hybridized carbons (Fsp3) is 0.429. The zero-order valence-corrected chi connectivity index (χ0v) is 11.8. The first-order valence-electron chi connectivity index (χ1n) is 6.48. The number of nitrogens with zero attached hydrogens (tertiary/aromatic N) is 1. The van der Waals surface area contributed by atoms with Crippen LogP contribution in [0.15, 0.2) is 18.2 Å². The van der Waals surface area contributed by atoms with Crippen LogP contribution in [0.3, 0.4) is 0 Å². The van der Waals surface area contributed by atoms with Crippen LogP contribution >= 0.6 is 11.6 Å². The fourth-order valence-electron chi connectivity index (χ4n) is 2.08. The van der Waals surface area contributed by atoms with Gasteiger partial charge in [-0.1, -0.05) is 31.0 Å². The number of para-hydroxylation sites is 1. The second-order valence-electron chi connectivity index (χ2n) is 4.35. The minimum absolute atomic E-state index is 0.237. The summed E-state index contributed by atoms with van der Waals surface area (Å²) in [5.74, 6) is 0.0383. The van der Waals surface area contributed by atoms with Gasteiger partial charge in [-0.3, -0.25) is 4.79 Å². The first-order valence-corrected chi connectivity index (χ1v) is 6.85. The van der Waals surface area contributed by atoms with Crippen molar-refractivity contribution in [2.45, 2.75) is 32.6 Å². The number of carbonyl (C=O) groups is 1. The van der Waals surface area contributed by atoms with Gasteiger partial charge in [0.25, 0.3) is 0 Å². The van der Waals surface area contributed by atoms with Gasteiger partial charge in [0.1, 0.15) is 17.3 Å². The van der Waals surface area contributed by atoms with E-state index in [4.69, 9.17) is 16.3 Å². The maximum absolute atomic E-state index is 12.0. The van der Waals surface area contributed by atoms with Crippen molar-refractivity contribution in [3.8, 4) is 0 Å². The van der Waals surface area contributed by atoms with E-state index in [1.54, 1.807) is 13.0 Å². The summed E-state index contributed by atoms with van der Waals surface area (Å²) in [4.78, 5) is 19.6. The topological polar surface area (TPSA) is 55.0 Å². The molecule has 5 heteroatoms. The van der Waals surface area contributed by atoms with Crippen molar-refractivity contribution in [1.82, 2.24) is 9.97 Å². The van der Waals surface area contributed by atoms with Crippen LogP contribution in [0.5, 0.6) is 0 Å². The van der Waals surface area contributed by atoms with E-state index in [1.165, 1.54) is 0 Å². The van der Waals surface area contributed by atoms with Gasteiger partial charge in [0.05, 0.1) is 17.1 Å². The zero-order chi connectivity index (χ0) is 13.8. The second-order valence-corrected chi connectivity index (χ2v) is 4.76. The summed E-state index contributed by atoms with van der Waals surface area (Å²) < 4.78 is 5.11. The number of hydrogen-bond donors (Lipinski definition) is 1. The lowest BCUT2D eigenvalue weighted by atomic mass is 10.0. The molecule has 102 valence electrons. The highest BCUT2D eigenvalue weighted by Gasteiger charge is 2.24. The lowest BCUT2D eigenvalue weighted by Gasteiger charge is -2.11. The number of ether oxygens (including phenoxy) is 1. The second kappa shape index (κ2) is 6.06. The van der Waals surface area contributed by atoms with Crippen LogP contribution in [0.25, 0.3) is 11.0 Å². The first-order chi connectivity index (χ1) is 9.17. The number of aromatic amines is 1. The molecule has 1 heterocycles. The number of rotatable bonds is 5. The van der Waals surface area contributed by atoms with Crippen LogP contribution in [-0.4, -0.2) is 22.5 Å². The normalized spacial score (nSPS) is 12.6. The number of halogens is 1. The molecule has 2 rings (SSSR count). The van der Waals surface area contributed by atoms with E-state index >= 15 is 0 Å². The van der Waals surface area contributed by atoms with Gasteiger partial charge in [-0.2, -0.15) is 0 Å². The molecule has 0 aliphatic heterocycles. The van der Waals surface area contributed by atoms with Gasteiger partial charge >= 0.3 is 5.97 Å². The highest BCUT2D eigenvalue weighted by atomic mass is 35.5. The minimum atomic E-state index is -0.353. The Hall–Kier alpha value is -1.55. The number of H-pyrrole nitrogens is 1. The van der Waals surface area contributed by atoms with E-state index < -0.39 is 0 Å². The first kappa shape index (κ1) is 13.9. The lowest BCUT2D eigenvalue weighted by Crippen LogP contribution is -2.17. The van der Waals surface area contributed by atoms with Crippen LogP contribution in [-0.2, 0) is 9.53 Å². The SMILES string of the molecule is CCCC(C(=O)OCC)c1nc2c(Cl)cccc2[nH]1. The minimum Gasteiger partial charge on any atom is -0.465 e. The Balaban J connectivity index is 2.38. The molecule has 0 fully saturated rings. The standard InChI is InChI=1S/C14H17ClN2O2/c1-3-6-9(14(18)19-4-2)13-16-11-8-5-7-10(15)12(11)17-13/h5,7-9H,3-4,6H2,1-2H3,(H,16,17). The summed E-state index contributed by atoms with van der Waals surface area (Å²) in [5.41, 5.74) is 1.54. The molecule has 1 unspecified atom stereocenters. The van der Waals surface area contributed by atoms with Gasteiger partial charge in [0, 0.05) is 0 Å². The fourth-order valence-corrected chi connectivity index (χ4v) is 2.30. The third-order valence-corrected chi connectivity index (χ3v) is 3.27. The molecule has 0 aliphatic rings. The maximum atomic E-state index is 12.0. The number of fused-ring (bicyclic) bond motifs is 1. The van der Waals surface area contributed by atoms with E-state index in [9.17, 15) is 4.79 Å². The molecule has 1 atom stereocenters. The number of benzene rings is 1. The number of nitrogens with one attached hydrogen (secondary N) is 1. The van der Waals surface area contributed by atoms with Crippen LogP contribution in [0, 0.1) is 0 Å². The predicted octanol–water partition coefficient (Wildman–Crippen LogP) is 3.66. The quantitative estimate of drug-likeness (QED) is 0.850. The summed E-state index contributed by atoms with van der Waals surface area (Å²) >= 11 is 6.09. The zero-order valence-electron chi connectivity index (χ0n) is 11.1. The smallest absolute Gasteiger partial charge is 0.316 e. The van der Waals surface area contributed by atoms with Crippen LogP contribution in [0.1, 0.15) is 38.4 Å². The van der Waals surface area contributed by atoms with Crippen LogP contribution in [0.4, 0.5) is 0 Å². The highest BCUT2D eigenvalue weighted by molar-refractivity contribution is 6.34. The number of hydrogen-bond acceptors (Lipinski definition) is 3. The molecule has 0 saturated heterocycles. The largest absolute Gasteiger partial charge is 0.465 e. The number of imidazole rings is 1. The molecule has 1 N–H and O–H groups in total. The molecule has 1 aromatic carbocycles. The summed E-state index contributed by atoms with van der Waals surface area (Å²) in [7, 11) is 0. The Morgan fingerprint density at radius 1 is 1.47 bits per heavy atom. The lowest BCUT2D eigenvalue weighted by molar-refractivity contribution is -0.145. The third-order valence-electron chi connectivity index (χ3n) is 2.96. The van der Waals surface area contributed by atoms with Crippen molar-refractivity contribution < 1.29 is 9.53 Å². The molecule has 0 spiro atoms. The molecule has 0 aliphatic carbocycles. The average molecular weight is 281 g/mol. The van der Waals surface area contributed by atoms with E-state index in [0.29, 0.717) is 29.4 Å². The van der Waals surface area contributed by atoms with Crippen LogP contribution in [0.2, 0.25) is 5.02 Å². The summed E-state index contributed by atoms with van der Waals surface area (Å²) in [6, 6.07) is 5.53. The van der Waals surface area contributed by atoms with Gasteiger partial charge in [-0.25, -0.2) is 4.98 Å². The molecule has 0 saturated carbocycles. The van der Waals surface area contributed by atoms with Gasteiger partial charge < -0.3 is 9.72 Å². The Bertz CT molecular complexity index is 580. The highest BCUT2D eigenvalue weighted by Crippen LogP contribution is 2.26. The summed E-state index contributed by atoms with van der Waals surface area (Å²) in [6.45, 7) is 4.21. The predicted molar refractivity (Wildman–Crippen MR) is 75.4 cm³/mol. The molecular formula is C14H17ClN2O2. The summed E-state index contributed by atoms with van der Waals surface area (Å²) in [6.07, 6.45) is 1.59. The molecular weight excluding hydrogens is 264 g/mol. The van der Waals surface area contributed by atoms with E-state index in [-0.39, 0.29) is 11.9 Å². The Morgan fingerprint density at radius 3 is 2.89 bits per heavy atom. The van der Waals surface area contributed by atoms with E-state index in [0.717, 1.165) is 11.9 Å². The van der Waals surface area contributed by atoms with Crippen molar-refractivity contribution in [1.29, 1.82) is 0 Å². The number of aromatic nitrogens is 2. The van der Waals surface area contributed by atoms with Gasteiger partial charge in [0.2, 0.25) is 0 Å². The Morgan fingerprint density at radius 2 is 2.26 bits per heavy atom. The van der Waals surface area contributed by atoms with Crippen LogP contribution < -0.4 is 0 Å². The Kier molecular flexibility index (Phi) is 4.43. The third kappa shape index (κ3) is 2.89. The number of carbonyl (C=O) groups excluding carboxylic acids is 1. The molecule has 1 aromatic heterocycles. The molecule has 2 aromatic rings. The van der Waals surface area contributed by atoms with Crippen molar-refractivity contribution in [2.75, 3.05) is 6.61 Å². The van der Waals surface area contributed by atoms with Gasteiger partial charge in [0.15, 0.2) is 0 Å². The molecule has 0 amide bonds. The molecule has 19 heavy (non-hydrogen) atoms. The Labute approximate surface area is 117 Å². The van der Waals surface area contributed by atoms with Crippen molar-refractivity contribution in [3.05, 3.63) is 29.0 Å². The van der Waals surface area contributed by atoms with E-state index in [2.05, 4.69) is 9.97 Å². The summed E-state index contributed by atoms with van der Waals surface area (Å²) in [5, 5.41) is 0.583. The maximum Gasteiger partial charge on any atom is 0.316 e. The van der Waals surface area contributed by atoms with E-state index in [1.807, 2.05) is 19.1 Å². The monoisotopic (exact) mass is 280 g/mol. The molecule has 0 radical (unpaired) electrons. The van der Waals surface area contributed by atoms with Gasteiger partial charge in [-0.05, 0) is 25.5 Å². The number of esters is 1. The van der Waals surface area contributed by atoms with Crippen molar-refractivity contribution in [2.24, 2.45) is 0 Å². The molecule has 0 bridgehead atoms. The molecule has 4 nitrogen and oxygen atoms in total.